The van der Waals surface area contributed by atoms with E-state index in [1.54, 1.807) is 18.2 Å². The van der Waals surface area contributed by atoms with E-state index < -0.39 is 18.5 Å². The van der Waals surface area contributed by atoms with Crippen molar-refractivity contribution < 1.29 is 23.8 Å². The molecule has 2 aromatic carbocycles. The number of nitrogens with one attached hydrogen (secondary N) is 1. The normalized spacial score (nSPS) is 10.2. The predicted octanol–water partition coefficient (Wildman–Crippen LogP) is 3.39. The number of esters is 1. The molecule has 0 radical (unpaired) electrons. The van der Waals surface area contributed by atoms with Gasteiger partial charge in [0.25, 0.3) is 5.91 Å². The molecule has 0 saturated carbocycles. The van der Waals surface area contributed by atoms with E-state index >= 15 is 0 Å². The molecule has 0 aliphatic rings. The van der Waals surface area contributed by atoms with Crippen LogP contribution in [0.15, 0.2) is 30.3 Å². The van der Waals surface area contributed by atoms with Gasteiger partial charge in [0.1, 0.15) is 0 Å². The van der Waals surface area contributed by atoms with E-state index in [0.717, 1.165) is 0 Å². The Bertz CT molecular complexity index is 842. The average Bonchev–Trinajstić information content (AvgIpc) is 2.62. The van der Waals surface area contributed by atoms with E-state index in [2.05, 4.69) is 5.32 Å². The van der Waals surface area contributed by atoms with Crippen LogP contribution in [-0.4, -0.2) is 32.7 Å². The van der Waals surface area contributed by atoms with Crippen LogP contribution in [-0.2, 0) is 9.53 Å². The SMILES string of the molecule is COc1ccc(NC(=O)COC(=O)c2cc(Cl)cc(Cl)c2N)cc1OC. The van der Waals surface area contributed by atoms with Crippen LogP contribution >= 0.6 is 23.2 Å². The molecule has 0 heterocycles. The number of ether oxygens (including phenoxy) is 3. The van der Waals surface area contributed by atoms with E-state index in [1.165, 1.54) is 26.4 Å². The predicted molar refractivity (Wildman–Crippen MR) is 99.3 cm³/mol. The summed E-state index contributed by atoms with van der Waals surface area (Å²) in [4.78, 5) is 24.1. The fourth-order valence-corrected chi connectivity index (χ4v) is 2.57. The van der Waals surface area contributed by atoms with Crippen molar-refractivity contribution in [1.29, 1.82) is 0 Å². The third kappa shape index (κ3) is 4.71. The Hall–Kier alpha value is -2.64. The first-order valence-corrected chi connectivity index (χ1v) is 8.04. The Labute approximate surface area is 159 Å². The molecule has 3 N–H and O–H groups in total. The van der Waals surface area contributed by atoms with Crippen molar-refractivity contribution in [3.05, 3.63) is 45.9 Å². The number of methoxy groups -OCH3 is 2. The van der Waals surface area contributed by atoms with Crippen LogP contribution in [0.2, 0.25) is 10.0 Å². The maximum atomic E-state index is 12.1. The average molecular weight is 399 g/mol. The lowest BCUT2D eigenvalue weighted by Gasteiger charge is -2.11. The van der Waals surface area contributed by atoms with Crippen molar-refractivity contribution in [3.63, 3.8) is 0 Å². The molecule has 0 fully saturated rings. The highest BCUT2D eigenvalue weighted by molar-refractivity contribution is 6.37. The molecule has 1 amide bonds. The molecule has 7 nitrogen and oxygen atoms in total. The summed E-state index contributed by atoms with van der Waals surface area (Å²) in [5.41, 5.74) is 6.19. The summed E-state index contributed by atoms with van der Waals surface area (Å²) in [6, 6.07) is 7.55. The molecule has 0 bridgehead atoms. The molecule has 138 valence electrons. The first-order valence-electron chi connectivity index (χ1n) is 7.29. The van der Waals surface area contributed by atoms with E-state index in [1.807, 2.05) is 0 Å². The summed E-state index contributed by atoms with van der Waals surface area (Å²) >= 11 is 11.7. The highest BCUT2D eigenvalue weighted by Gasteiger charge is 2.17. The minimum absolute atomic E-state index is 0.0126. The van der Waals surface area contributed by atoms with Crippen LogP contribution in [0.5, 0.6) is 11.5 Å². The first-order chi connectivity index (χ1) is 12.3. The quantitative estimate of drug-likeness (QED) is 0.571. The summed E-state index contributed by atoms with van der Waals surface area (Å²) < 4.78 is 15.2. The number of benzene rings is 2. The lowest BCUT2D eigenvalue weighted by Crippen LogP contribution is -2.21. The molecule has 0 atom stereocenters. The molecule has 9 heteroatoms. The van der Waals surface area contributed by atoms with Gasteiger partial charge in [-0.2, -0.15) is 0 Å². The highest BCUT2D eigenvalue weighted by atomic mass is 35.5. The second-order valence-electron chi connectivity index (χ2n) is 5.04. The second-order valence-corrected chi connectivity index (χ2v) is 5.89. The van der Waals surface area contributed by atoms with Crippen molar-refractivity contribution in [1.82, 2.24) is 0 Å². The van der Waals surface area contributed by atoms with Crippen molar-refractivity contribution in [2.24, 2.45) is 0 Å². The van der Waals surface area contributed by atoms with E-state index in [0.29, 0.717) is 17.2 Å². The summed E-state index contributed by atoms with van der Waals surface area (Å²) in [5, 5.41) is 2.93. The first kappa shape index (κ1) is 19.7. The van der Waals surface area contributed by atoms with Gasteiger partial charge in [-0.3, -0.25) is 4.79 Å². The fraction of sp³-hybridized carbons (Fsp3) is 0.176. The van der Waals surface area contributed by atoms with Crippen LogP contribution in [0.4, 0.5) is 11.4 Å². The lowest BCUT2D eigenvalue weighted by molar-refractivity contribution is -0.119. The van der Waals surface area contributed by atoms with Gasteiger partial charge in [0, 0.05) is 16.8 Å². The minimum Gasteiger partial charge on any atom is -0.493 e. The van der Waals surface area contributed by atoms with Crippen molar-refractivity contribution in [2.75, 3.05) is 31.9 Å². The number of nitrogens with two attached hydrogens (primary N) is 1. The Morgan fingerprint density at radius 2 is 1.77 bits per heavy atom. The number of halogens is 2. The van der Waals surface area contributed by atoms with Gasteiger partial charge in [0.15, 0.2) is 18.1 Å². The number of hydrogen-bond donors (Lipinski definition) is 2. The van der Waals surface area contributed by atoms with Crippen LogP contribution in [0.1, 0.15) is 10.4 Å². The van der Waals surface area contributed by atoms with Crippen LogP contribution in [0.25, 0.3) is 0 Å². The smallest absolute Gasteiger partial charge is 0.340 e. The number of carbonyl (C=O) groups excluding carboxylic acids is 2. The largest absolute Gasteiger partial charge is 0.493 e. The molecule has 0 saturated heterocycles. The van der Waals surface area contributed by atoms with Gasteiger partial charge >= 0.3 is 5.97 Å². The second kappa shape index (κ2) is 8.64. The van der Waals surface area contributed by atoms with Gasteiger partial charge in [-0.05, 0) is 24.3 Å². The third-order valence-corrected chi connectivity index (χ3v) is 3.85. The summed E-state index contributed by atoms with van der Waals surface area (Å²) in [6.07, 6.45) is 0. The monoisotopic (exact) mass is 398 g/mol. The Morgan fingerprint density at radius 3 is 2.42 bits per heavy atom. The van der Waals surface area contributed by atoms with Gasteiger partial charge < -0.3 is 25.3 Å². The van der Waals surface area contributed by atoms with Crippen molar-refractivity contribution >= 4 is 46.5 Å². The third-order valence-electron chi connectivity index (χ3n) is 3.32. The molecule has 0 aliphatic heterocycles. The zero-order valence-corrected chi connectivity index (χ0v) is 15.5. The minimum atomic E-state index is -0.811. The Kier molecular flexibility index (Phi) is 6.54. The van der Waals surface area contributed by atoms with Gasteiger partial charge in [0.05, 0.1) is 30.5 Å². The van der Waals surface area contributed by atoms with Gasteiger partial charge in [-0.15, -0.1) is 0 Å². The number of nitrogen functional groups attached to an aromatic ring is 1. The van der Waals surface area contributed by atoms with Crippen LogP contribution < -0.4 is 20.5 Å². The Balaban J connectivity index is 2.00. The maximum absolute atomic E-state index is 12.1. The van der Waals surface area contributed by atoms with Crippen molar-refractivity contribution in [3.8, 4) is 11.5 Å². The van der Waals surface area contributed by atoms with Gasteiger partial charge in [-0.1, -0.05) is 23.2 Å². The zero-order chi connectivity index (χ0) is 19.3. The molecule has 26 heavy (non-hydrogen) atoms. The molecule has 0 aromatic heterocycles. The zero-order valence-electron chi connectivity index (χ0n) is 14.0. The van der Waals surface area contributed by atoms with E-state index in [4.69, 9.17) is 43.1 Å². The summed E-state index contributed by atoms with van der Waals surface area (Å²) in [6.45, 7) is -0.517. The highest BCUT2D eigenvalue weighted by Crippen LogP contribution is 2.30. The standard InChI is InChI=1S/C17H16Cl2N2O5/c1-24-13-4-3-10(7-14(13)25-2)21-15(22)8-26-17(23)11-5-9(18)6-12(19)16(11)20/h3-7H,8,20H2,1-2H3,(H,21,22). The topological polar surface area (TPSA) is 99.9 Å². The molecule has 0 unspecified atom stereocenters. The fourth-order valence-electron chi connectivity index (χ4n) is 2.07. The number of anilines is 2. The number of carbonyl (C=O) groups is 2. The number of rotatable bonds is 6. The van der Waals surface area contributed by atoms with Crippen LogP contribution in [0, 0.1) is 0 Å². The van der Waals surface area contributed by atoms with Crippen molar-refractivity contribution in [2.45, 2.75) is 0 Å². The van der Waals surface area contributed by atoms with Gasteiger partial charge in [0.2, 0.25) is 0 Å². The number of amides is 1. The van der Waals surface area contributed by atoms with E-state index in [-0.39, 0.29) is 21.3 Å². The maximum Gasteiger partial charge on any atom is 0.340 e. The van der Waals surface area contributed by atoms with Crippen LogP contribution in [0.3, 0.4) is 0 Å². The molecular weight excluding hydrogens is 383 g/mol. The summed E-state index contributed by atoms with van der Waals surface area (Å²) in [5.74, 6) is -0.388. The number of hydrogen-bond acceptors (Lipinski definition) is 6. The Morgan fingerprint density at radius 1 is 1.08 bits per heavy atom. The molecule has 0 aliphatic carbocycles. The lowest BCUT2D eigenvalue weighted by atomic mass is 10.2. The van der Waals surface area contributed by atoms with E-state index in [9.17, 15) is 9.59 Å². The molecular formula is C17H16Cl2N2O5. The molecule has 2 rings (SSSR count). The molecule has 0 spiro atoms. The summed E-state index contributed by atoms with van der Waals surface area (Å²) in [7, 11) is 2.98. The molecule has 2 aromatic rings. The van der Waals surface area contributed by atoms with Gasteiger partial charge in [-0.25, -0.2) is 4.79 Å².